The van der Waals surface area contributed by atoms with E-state index < -0.39 is 11.6 Å². The van der Waals surface area contributed by atoms with Gasteiger partial charge in [0.15, 0.2) is 0 Å². The van der Waals surface area contributed by atoms with Crippen LogP contribution in [0, 0.1) is 5.41 Å². The summed E-state index contributed by atoms with van der Waals surface area (Å²) in [4.78, 5) is 0. The van der Waals surface area contributed by atoms with Gasteiger partial charge in [0, 0.05) is 0 Å². The van der Waals surface area contributed by atoms with Crippen LogP contribution in [0.1, 0.15) is 45.7 Å². The van der Waals surface area contributed by atoms with Crippen molar-refractivity contribution in [3.8, 4) is 0 Å². The lowest BCUT2D eigenvalue weighted by atomic mass is 9.82. The van der Waals surface area contributed by atoms with E-state index in [4.69, 9.17) is 0 Å². The molecule has 1 aromatic carbocycles. The molecule has 0 amide bonds. The highest BCUT2D eigenvalue weighted by Gasteiger charge is 2.46. The molecular weight excluding hydrogens is 237 g/mol. The van der Waals surface area contributed by atoms with Gasteiger partial charge in [-0.15, -0.1) is 0 Å². The van der Waals surface area contributed by atoms with Gasteiger partial charge >= 0.3 is 6.18 Å². The zero-order valence-electron chi connectivity index (χ0n) is 11.7. The molecule has 0 nitrogen and oxygen atoms in total. The Morgan fingerprint density at radius 2 is 1.28 bits per heavy atom. The van der Waals surface area contributed by atoms with Gasteiger partial charge in [-0.2, -0.15) is 13.2 Å². The fourth-order valence-corrected chi connectivity index (χ4v) is 1.73. The fourth-order valence-electron chi connectivity index (χ4n) is 1.73. The van der Waals surface area contributed by atoms with Crippen LogP contribution in [0.3, 0.4) is 0 Å². The molecule has 1 rings (SSSR count). The Labute approximate surface area is 107 Å². The first-order valence-electron chi connectivity index (χ1n) is 6.10. The lowest BCUT2D eigenvalue weighted by Gasteiger charge is -2.28. The molecule has 0 aromatic heterocycles. The van der Waals surface area contributed by atoms with Crippen molar-refractivity contribution in [1.29, 1.82) is 0 Å². The quantitative estimate of drug-likeness (QED) is 0.691. The molecule has 0 aliphatic carbocycles. The van der Waals surface area contributed by atoms with Crippen LogP contribution in [0.15, 0.2) is 24.3 Å². The second kappa shape index (κ2) is 4.60. The fraction of sp³-hybridized carbons (Fsp3) is 0.600. The van der Waals surface area contributed by atoms with Crippen LogP contribution >= 0.6 is 0 Å². The van der Waals surface area contributed by atoms with Crippen LogP contribution in [-0.2, 0) is 11.8 Å². The Kier molecular flexibility index (Phi) is 3.85. The molecule has 102 valence electrons. The minimum Gasteiger partial charge on any atom is -0.171 e. The molecule has 0 heterocycles. The van der Waals surface area contributed by atoms with E-state index in [1.165, 1.54) is 13.8 Å². The number of rotatable bonds is 2. The Morgan fingerprint density at radius 3 is 1.61 bits per heavy atom. The van der Waals surface area contributed by atoms with Crippen LogP contribution in [0.5, 0.6) is 0 Å². The molecule has 0 aliphatic heterocycles. The van der Waals surface area contributed by atoms with Crippen molar-refractivity contribution in [2.45, 2.75) is 52.6 Å². The third-order valence-electron chi connectivity index (χ3n) is 3.23. The zero-order chi connectivity index (χ0) is 14.2. The van der Waals surface area contributed by atoms with E-state index in [9.17, 15) is 13.2 Å². The SMILES string of the molecule is CC(C)(C)c1ccc(CC(C)(C)C(F)(F)F)cc1. The van der Waals surface area contributed by atoms with E-state index in [1.807, 2.05) is 12.1 Å². The second-order valence-electron chi connectivity index (χ2n) is 6.51. The average Bonchev–Trinajstić information content (AvgIpc) is 2.14. The maximum absolute atomic E-state index is 12.8. The Morgan fingerprint density at radius 1 is 0.833 bits per heavy atom. The Bertz CT molecular complexity index is 391. The number of alkyl halides is 3. The van der Waals surface area contributed by atoms with Gasteiger partial charge in [0.25, 0.3) is 0 Å². The van der Waals surface area contributed by atoms with Crippen molar-refractivity contribution in [1.82, 2.24) is 0 Å². The molecule has 0 unspecified atom stereocenters. The van der Waals surface area contributed by atoms with Gasteiger partial charge in [0.2, 0.25) is 0 Å². The molecule has 0 aliphatic rings. The molecule has 0 spiro atoms. The monoisotopic (exact) mass is 258 g/mol. The smallest absolute Gasteiger partial charge is 0.171 e. The standard InChI is InChI=1S/C15H21F3/c1-13(2,3)12-8-6-11(7-9-12)10-14(4,5)15(16,17)18/h6-9H,10H2,1-5H3. The van der Waals surface area contributed by atoms with E-state index in [0.29, 0.717) is 0 Å². The largest absolute Gasteiger partial charge is 0.394 e. The molecule has 0 atom stereocenters. The summed E-state index contributed by atoms with van der Waals surface area (Å²) in [5, 5.41) is 0. The highest BCUT2D eigenvalue weighted by Crippen LogP contribution is 2.40. The Hall–Kier alpha value is -0.990. The zero-order valence-corrected chi connectivity index (χ0v) is 11.7. The molecule has 0 saturated heterocycles. The third kappa shape index (κ3) is 3.50. The number of halogens is 3. The summed E-state index contributed by atoms with van der Waals surface area (Å²) in [6.45, 7) is 8.74. The molecule has 18 heavy (non-hydrogen) atoms. The second-order valence-corrected chi connectivity index (χ2v) is 6.51. The van der Waals surface area contributed by atoms with Crippen LogP contribution < -0.4 is 0 Å². The summed E-state index contributed by atoms with van der Waals surface area (Å²) in [6, 6.07) is 7.44. The van der Waals surface area contributed by atoms with Crippen LogP contribution in [0.2, 0.25) is 0 Å². The van der Waals surface area contributed by atoms with Gasteiger partial charge in [0.05, 0.1) is 5.41 Å². The summed E-state index contributed by atoms with van der Waals surface area (Å²) < 4.78 is 38.4. The first kappa shape index (κ1) is 15.1. The highest BCUT2D eigenvalue weighted by atomic mass is 19.4. The van der Waals surface area contributed by atoms with Crippen molar-refractivity contribution >= 4 is 0 Å². The molecule has 0 bridgehead atoms. The minimum absolute atomic E-state index is 0.0148. The van der Waals surface area contributed by atoms with Gasteiger partial charge in [-0.25, -0.2) is 0 Å². The molecule has 3 heteroatoms. The summed E-state index contributed by atoms with van der Waals surface area (Å²) in [6.07, 6.45) is -4.16. The highest BCUT2D eigenvalue weighted by molar-refractivity contribution is 5.28. The van der Waals surface area contributed by atoms with Gasteiger partial charge in [-0.1, -0.05) is 58.9 Å². The van der Waals surface area contributed by atoms with Gasteiger partial charge in [-0.3, -0.25) is 0 Å². The number of hydrogen-bond donors (Lipinski definition) is 0. The van der Waals surface area contributed by atoms with Crippen molar-refractivity contribution in [3.63, 3.8) is 0 Å². The predicted molar refractivity (Wildman–Crippen MR) is 68.7 cm³/mol. The first-order chi connectivity index (χ1) is 7.93. The van der Waals surface area contributed by atoms with Crippen LogP contribution in [0.25, 0.3) is 0 Å². The number of benzene rings is 1. The lowest BCUT2D eigenvalue weighted by Crippen LogP contribution is -2.34. The summed E-state index contributed by atoms with van der Waals surface area (Å²) in [5.41, 5.74) is 0.204. The van der Waals surface area contributed by atoms with E-state index in [0.717, 1.165) is 11.1 Å². The van der Waals surface area contributed by atoms with E-state index in [2.05, 4.69) is 20.8 Å². The summed E-state index contributed by atoms with van der Waals surface area (Å²) in [5.74, 6) is 0. The van der Waals surface area contributed by atoms with E-state index in [1.54, 1.807) is 12.1 Å². The Balaban J connectivity index is 2.89. The first-order valence-corrected chi connectivity index (χ1v) is 6.10. The van der Waals surface area contributed by atoms with Crippen molar-refractivity contribution in [2.75, 3.05) is 0 Å². The van der Waals surface area contributed by atoms with Crippen molar-refractivity contribution in [3.05, 3.63) is 35.4 Å². The normalized spacial score (nSPS) is 13.8. The van der Waals surface area contributed by atoms with E-state index in [-0.39, 0.29) is 11.8 Å². The maximum atomic E-state index is 12.8. The van der Waals surface area contributed by atoms with Crippen LogP contribution in [-0.4, -0.2) is 6.18 Å². The van der Waals surface area contributed by atoms with Gasteiger partial charge < -0.3 is 0 Å². The topological polar surface area (TPSA) is 0 Å². The molecule has 0 N–H and O–H groups in total. The molecule has 1 aromatic rings. The van der Waals surface area contributed by atoms with Crippen molar-refractivity contribution < 1.29 is 13.2 Å². The molecular formula is C15H21F3. The summed E-state index contributed by atoms with van der Waals surface area (Å²) >= 11 is 0. The minimum atomic E-state index is -4.17. The van der Waals surface area contributed by atoms with E-state index >= 15 is 0 Å². The van der Waals surface area contributed by atoms with Crippen molar-refractivity contribution in [2.24, 2.45) is 5.41 Å². The lowest BCUT2D eigenvalue weighted by molar-refractivity contribution is -0.211. The average molecular weight is 258 g/mol. The maximum Gasteiger partial charge on any atom is 0.394 e. The molecule has 0 radical (unpaired) electrons. The molecule has 0 saturated carbocycles. The van der Waals surface area contributed by atoms with Crippen LogP contribution in [0.4, 0.5) is 13.2 Å². The summed E-state index contributed by atoms with van der Waals surface area (Å²) in [7, 11) is 0. The van der Waals surface area contributed by atoms with Gasteiger partial charge in [0.1, 0.15) is 0 Å². The third-order valence-corrected chi connectivity index (χ3v) is 3.23. The van der Waals surface area contributed by atoms with Gasteiger partial charge in [-0.05, 0) is 23.0 Å². The predicted octanol–water partition coefficient (Wildman–Crippen LogP) is 5.12. The molecule has 0 fully saturated rings. The number of hydrogen-bond acceptors (Lipinski definition) is 0.